The van der Waals surface area contributed by atoms with E-state index in [1.807, 2.05) is 40.1 Å². The Bertz CT molecular complexity index is 1320. The molecule has 0 spiro atoms. The predicted molar refractivity (Wildman–Crippen MR) is 149 cm³/mol. The van der Waals surface area contributed by atoms with Crippen molar-refractivity contribution in [2.45, 2.75) is 25.8 Å². The van der Waals surface area contributed by atoms with E-state index in [4.69, 9.17) is 19.2 Å². The highest BCUT2D eigenvalue weighted by Gasteiger charge is 2.25. The van der Waals surface area contributed by atoms with Crippen LogP contribution in [0, 0.1) is 0 Å². The monoisotopic (exact) mass is 532 g/mol. The van der Waals surface area contributed by atoms with E-state index in [1.165, 1.54) is 0 Å². The number of morpholine rings is 1. The first-order valence-corrected chi connectivity index (χ1v) is 13.6. The molecular weight excluding hydrogens is 496 g/mol. The van der Waals surface area contributed by atoms with Gasteiger partial charge in [-0.25, -0.2) is 4.98 Å². The molecule has 3 heterocycles. The number of para-hydroxylation sites is 1. The number of carbonyl (C=O) groups excluding carboxylic acids is 2. The van der Waals surface area contributed by atoms with Crippen molar-refractivity contribution in [2.24, 2.45) is 0 Å². The second-order valence-corrected chi connectivity index (χ2v) is 9.89. The van der Waals surface area contributed by atoms with Crippen LogP contribution in [0.15, 0.2) is 48.5 Å². The number of benzene rings is 2. The highest BCUT2D eigenvalue weighted by atomic mass is 16.5. The summed E-state index contributed by atoms with van der Waals surface area (Å²) >= 11 is 0. The number of aromatic nitrogens is 1. The molecule has 2 saturated heterocycles. The molecule has 2 fully saturated rings. The molecule has 0 atom stereocenters. The van der Waals surface area contributed by atoms with E-state index in [1.54, 1.807) is 26.4 Å². The van der Waals surface area contributed by atoms with Gasteiger partial charge in [-0.15, -0.1) is 0 Å². The Labute approximate surface area is 229 Å². The van der Waals surface area contributed by atoms with Crippen molar-refractivity contribution in [3.63, 3.8) is 0 Å². The molecule has 0 aliphatic carbocycles. The molecule has 0 bridgehead atoms. The van der Waals surface area contributed by atoms with E-state index in [-0.39, 0.29) is 11.8 Å². The second kappa shape index (κ2) is 12.3. The molecule has 0 unspecified atom stereocenters. The van der Waals surface area contributed by atoms with Crippen molar-refractivity contribution >= 4 is 28.5 Å². The van der Waals surface area contributed by atoms with Crippen LogP contribution >= 0.6 is 0 Å². The van der Waals surface area contributed by atoms with Gasteiger partial charge in [-0.1, -0.05) is 12.1 Å². The molecule has 9 heteroatoms. The molecule has 39 heavy (non-hydrogen) atoms. The smallest absolute Gasteiger partial charge is 0.257 e. The quantitative estimate of drug-likeness (QED) is 0.393. The number of likely N-dealkylation sites (tertiary alicyclic amines) is 1. The van der Waals surface area contributed by atoms with Gasteiger partial charge in [0.1, 0.15) is 17.3 Å². The highest BCUT2D eigenvalue weighted by molar-refractivity contribution is 5.97. The molecule has 2 aliphatic heterocycles. The Balaban J connectivity index is 1.48. The molecule has 9 nitrogen and oxygen atoms in total. The van der Waals surface area contributed by atoms with Gasteiger partial charge in [-0.3, -0.25) is 9.59 Å². The molecule has 0 radical (unpaired) electrons. The maximum atomic E-state index is 13.9. The molecule has 0 saturated carbocycles. The fourth-order valence-corrected chi connectivity index (χ4v) is 5.32. The van der Waals surface area contributed by atoms with Gasteiger partial charge < -0.3 is 28.9 Å². The number of pyridine rings is 1. The number of ether oxygens (including phenoxy) is 3. The van der Waals surface area contributed by atoms with Crippen LogP contribution in [0.1, 0.15) is 35.2 Å². The standard InChI is InChI=1S/C30H36N4O5/c1-37-24-11-10-22-19-23(29(31-26(22)20-24)33-15-17-39-18-16-33)21-34(14-6-13-32-12-5-9-28(32)35)30(36)25-7-3-4-8-27(25)38-2/h3-4,7-8,10-11,19-20H,5-6,9,12-18,21H2,1-2H3. The van der Waals surface area contributed by atoms with Crippen molar-refractivity contribution < 1.29 is 23.8 Å². The molecule has 3 aromatic rings. The number of methoxy groups -OCH3 is 2. The van der Waals surface area contributed by atoms with Crippen LogP contribution in [0.2, 0.25) is 0 Å². The summed E-state index contributed by atoms with van der Waals surface area (Å²) in [5, 5.41) is 0.982. The van der Waals surface area contributed by atoms with Crippen molar-refractivity contribution in [3.05, 3.63) is 59.7 Å². The summed E-state index contributed by atoms with van der Waals surface area (Å²) in [6.07, 6.45) is 2.21. The van der Waals surface area contributed by atoms with Crippen molar-refractivity contribution in [3.8, 4) is 11.5 Å². The lowest BCUT2D eigenvalue weighted by atomic mass is 10.1. The minimum Gasteiger partial charge on any atom is -0.497 e. The Kier molecular flexibility index (Phi) is 8.46. The number of fused-ring (bicyclic) bond motifs is 1. The van der Waals surface area contributed by atoms with Gasteiger partial charge in [0, 0.05) is 62.7 Å². The van der Waals surface area contributed by atoms with Crippen LogP contribution in [-0.4, -0.2) is 86.8 Å². The lowest BCUT2D eigenvalue weighted by Gasteiger charge is -2.32. The third kappa shape index (κ3) is 6.09. The SMILES string of the molecule is COc1ccc2cc(CN(CCCN3CCCC3=O)C(=O)c3ccccc3OC)c(N3CCOCC3)nc2c1. The van der Waals surface area contributed by atoms with E-state index >= 15 is 0 Å². The Hall–Kier alpha value is -3.85. The zero-order valence-corrected chi connectivity index (χ0v) is 22.7. The fourth-order valence-electron chi connectivity index (χ4n) is 5.32. The van der Waals surface area contributed by atoms with E-state index in [0.29, 0.717) is 57.0 Å². The molecule has 5 rings (SSSR count). The van der Waals surface area contributed by atoms with Crippen LogP contribution in [0.4, 0.5) is 5.82 Å². The fraction of sp³-hybridized carbons (Fsp3) is 0.433. The third-order valence-corrected chi connectivity index (χ3v) is 7.40. The lowest BCUT2D eigenvalue weighted by Crippen LogP contribution is -2.39. The van der Waals surface area contributed by atoms with Crippen LogP contribution in [0.25, 0.3) is 10.9 Å². The van der Waals surface area contributed by atoms with Gasteiger partial charge in [0.05, 0.1) is 38.5 Å². The van der Waals surface area contributed by atoms with E-state index in [9.17, 15) is 9.59 Å². The van der Waals surface area contributed by atoms with Gasteiger partial charge in [0.2, 0.25) is 5.91 Å². The van der Waals surface area contributed by atoms with Gasteiger partial charge in [0.25, 0.3) is 5.91 Å². The molecule has 206 valence electrons. The molecule has 2 amide bonds. The summed E-state index contributed by atoms with van der Waals surface area (Å²) in [7, 11) is 3.23. The zero-order valence-electron chi connectivity index (χ0n) is 22.7. The van der Waals surface area contributed by atoms with Crippen LogP contribution < -0.4 is 14.4 Å². The first-order chi connectivity index (χ1) is 19.1. The third-order valence-electron chi connectivity index (χ3n) is 7.40. The number of carbonyl (C=O) groups is 2. The first kappa shape index (κ1) is 26.7. The molecule has 2 aromatic carbocycles. The molecular formula is C30H36N4O5. The number of anilines is 1. The Morgan fingerprint density at radius 1 is 1.05 bits per heavy atom. The lowest BCUT2D eigenvalue weighted by molar-refractivity contribution is -0.127. The number of hydrogen-bond acceptors (Lipinski definition) is 7. The van der Waals surface area contributed by atoms with Crippen LogP contribution in [-0.2, 0) is 16.1 Å². The van der Waals surface area contributed by atoms with Crippen molar-refractivity contribution in [2.75, 3.05) is 65.1 Å². The van der Waals surface area contributed by atoms with Gasteiger partial charge >= 0.3 is 0 Å². The highest BCUT2D eigenvalue weighted by Crippen LogP contribution is 2.29. The van der Waals surface area contributed by atoms with Crippen LogP contribution in [0.5, 0.6) is 11.5 Å². The minimum atomic E-state index is -0.108. The largest absolute Gasteiger partial charge is 0.497 e. The Morgan fingerprint density at radius 2 is 1.87 bits per heavy atom. The Morgan fingerprint density at radius 3 is 2.62 bits per heavy atom. The summed E-state index contributed by atoms with van der Waals surface area (Å²) in [5.41, 5.74) is 2.33. The molecule has 1 aromatic heterocycles. The first-order valence-electron chi connectivity index (χ1n) is 13.6. The van der Waals surface area contributed by atoms with Gasteiger partial charge in [0.15, 0.2) is 0 Å². The average molecular weight is 533 g/mol. The number of nitrogens with zero attached hydrogens (tertiary/aromatic N) is 4. The summed E-state index contributed by atoms with van der Waals surface area (Å²) in [4.78, 5) is 37.2. The summed E-state index contributed by atoms with van der Waals surface area (Å²) < 4.78 is 16.5. The maximum absolute atomic E-state index is 13.9. The van der Waals surface area contributed by atoms with Gasteiger partial charge in [-0.2, -0.15) is 0 Å². The molecule has 0 N–H and O–H groups in total. The average Bonchev–Trinajstić information content (AvgIpc) is 3.40. The predicted octanol–water partition coefficient (Wildman–Crippen LogP) is 3.74. The summed E-state index contributed by atoms with van der Waals surface area (Å²) in [6.45, 7) is 5.03. The normalized spacial score (nSPS) is 15.6. The van der Waals surface area contributed by atoms with Crippen LogP contribution in [0.3, 0.4) is 0 Å². The number of hydrogen-bond donors (Lipinski definition) is 0. The second-order valence-electron chi connectivity index (χ2n) is 9.89. The zero-order chi connectivity index (χ0) is 27.2. The number of rotatable bonds is 10. The maximum Gasteiger partial charge on any atom is 0.257 e. The van der Waals surface area contributed by atoms with Crippen molar-refractivity contribution in [1.29, 1.82) is 0 Å². The van der Waals surface area contributed by atoms with E-state index < -0.39 is 0 Å². The van der Waals surface area contributed by atoms with Crippen molar-refractivity contribution in [1.82, 2.24) is 14.8 Å². The molecule has 2 aliphatic rings. The topological polar surface area (TPSA) is 84.4 Å². The van der Waals surface area contributed by atoms with Gasteiger partial charge in [-0.05, 0) is 43.2 Å². The minimum absolute atomic E-state index is 0.108. The number of amides is 2. The van der Waals surface area contributed by atoms with E-state index in [0.717, 1.165) is 54.1 Å². The summed E-state index contributed by atoms with van der Waals surface area (Å²) in [6, 6.07) is 15.3. The summed E-state index contributed by atoms with van der Waals surface area (Å²) in [5.74, 6) is 2.23. The van der Waals surface area contributed by atoms with E-state index in [2.05, 4.69) is 11.0 Å².